The van der Waals surface area contributed by atoms with E-state index in [-0.39, 0.29) is 32.1 Å². The minimum atomic E-state index is -0.779. The Kier molecular flexibility index (Phi) is 9.35. The second-order valence-corrected chi connectivity index (χ2v) is 5.67. The Labute approximate surface area is 149 Å². The van der Waals surface area contributed by atoms with Gasteiger partial charge in [-0.2, -0.15) is 15.0 Å². The number of methoxy groups -OCH3 is 1. The molecule has 0 saturated heterocycles. The largest absolute Gasteiger partial charge is 0.376 e. The van der Waals surface area contributed by atoms with Crippen molar-refractivity contribution in [2.45, 2.75) is 32.9 Å². The molecule has 10 heteroatoms. The third kappa shape index (κ3) is 6.58. The first kappa shape index (κ1) is 21.3. The Morgan fingerprint density at radius 2 is 1.72 bits per heavy atom. The molecule has 1 heterocycles. The Balaban J connectivity index is 3.11. The predicted octanol–water partition coefficient (Wildman–Crippen LogP) is 0.217. The molecule has 0 amide bonds. The summed E-state index contributed by atoms with van der Waals surface area (Å²) in [5.74, 6) is 0.903. The van der Waals surface area contributed by atoms with Gasteiger partial charge >= 0.3 is 0 Å². The number of hydrogen-bond donors (Lipinski definition) is 2. The van der Waals surface area contributed by atoms with Gasteiger partial charge in [-0.3, -0.25) is 4.90 Å². The number of hydrogen-bond acceptors (Lipinski definition) is 10. The first-order valence-corrected chi connectivity index (χ1v) is 8.25. The number of unbranched alkanes of at least 4 members (excludes halogenated alkanes) is 1. The molecule has 10 nitrogen and oxygen atoms in total. The van der Waals surface area contributed by atoms with E-state index in [0.717, 1.165) is 12.8 Å². The summed E-state index contributed by atoms with van der Waals surface area (Å²) in [6.45, 7) is 4.58. The van der Waals surface area contributed by atoms with Crippen LogP contribution < -0.4 is 14.7 Å². The van der Waals surface area contributed by atoms with E-state index in [4.69, 9.17) is 9.47 Å². The van der Waals surface area contributed by atoms with Crippen LogP contribution >= 0.6 is 0 Å². The summed E-state index contributed by atoms with van der Waals surface area (Å²) in [7, 11) is 4.90. The van der Waals surface area contributed by atoms with Gasteiger partial charge in [-0.25, -0.2) is 0 Å². The Morgan fingerprint density at radius 1 is 1.08 bits per heavy atom. The molecule has 1 aromatic rings. The lowest BCUT2D eigenvalue weighted by atomic mass is 10.4. The SMILES string of the molecule is CCCCOCN(COC)c1nc(N(C)CO)nc(N(C)C(C)O)n1. The molecule has 0 spiro atoms. The van der Waals surface area contributed by atoms with Crippen LogP contribution in [0.1, 0.15) is 26.7 Å². The molecule has 1 atom stereocenters. The van der Waals surface area contributed by atoms with Crippen molar-refractivity contribution in [1.29, 1.82) is 0 Å². The zero-order valence-electron chi connectivity index (χ0n) is 15.7. The highest BCUT2D eigenvalue weighted by Crippen LogP contribution is 2.18. The maximum atomic E-state index is 9.79. The van der Waals surface area contributed by atoms with E-state index in [1.165, 1.54) is 9.80 Å². The van der Waals surface area contributed by atoms with E-state index in [1.54, 1.807) is 33.0 Å². The summed E-state index contributed by atoms with van der Waals surface area (Å²) in [6, 6.07) is 0. The van der Waals surface area contributed by atoms with Crippen molar-refractivity contribution < 1.29 is 19.7 Å². The number of aliphatic hydroxyl groups excluding tert-OH is 2. The molecule has 25 heavy (non-hydrogen) atoms. The molecule has 0 fully saturated rings. The molecule has 0 aliphatic carbocycles. The Morgan fingerprint density at radius 3 is 2.28 bits per heavy atom. The first-order chi connectivity index (χ1) is 11.9. The lowest BCUT2D eigenvalue weighted by Gasteiger charge is -2.26. The van der Waals surface area contributed by atoms with E-state index in [2.05, 4.69) is 21.9 Å². The topological polar surface area (TPSA) is 107 Å². The number of ether oxygens (including phenoxy) is 2. The highest BCUT2D eigenvalue weighted by atomic mass is 16.5. The molecule has 144 valence electrons. The summed E-state index contributed by atoms with van der Waals surface area (Å²) in [4.78, 5) is 17.7. The standard InChI is InChI=1S/C15H30N6O4/c1-6-7-8-25-11-21(10-24-5)15-17-13(19(3)9-22)16-14(18-15)20(4)12(2)23/h12,22-23H,6-11H2,1-5H3. The highest BCUT2D eigenvalue weighted by molar-refractivity contribution is 5.45. The van der Waals surface area contributed by atoms with Crippen LogP contribution in [0.3, 0.4) is 0 Å². The molecule has 2 N–H and O–H groups in total. The van der Waals surface area contributed by atoms with Gasteiger partial charge in [0.05, 0.1) is 0 Å². The summed E-state index contributed by atoms with van der Waals surface area (Å²) < 4.78 is 10.8. The van der Waals surface area contributed by atoms with Crippen LogP contribution in [0.5, 0.6) is 0 Å². The van der Waals surface area contributed by atoms with Gasteiger partial charge in [0.15, 0.2) is 0 Å². The van der Waals surface area contributed by atoms with Crippen LogP contribution in [0.15, 0.2) is 0 Å². The quantitative estimate of drug-likeness (QED) is 0.398. The molecule has 0 aliphatic heterocycles. The molecule has 0 bridgehead atoms. The zero-order valence-corrected chi connectivity index (χ0v) is 15.7. The first-order valence-electron chi connectivity index (χ1n) is 8.25. The molecule has 1 aromatic heterocycles. The number of rotatable bonds is 12. The second-order valence-electron chi connectivity index (χ2n) is 5.67. The summed E-state index contributed by atoms with van der Waals surface area (Å²) in [5, 5.41) is 19.2. The predicted molar refractivity (Wildman–Crippen MR) is 95.5 cm³/mol. The Hall–Kier alpha value is -1.75. The van der Waals surface area contributed by atoms with E-state index in [0.29, 0.717) is 12.6 Å². The zero-order chi connectivity index (χ0) is 18.8. The van der Waals surface area contributed by atoms with Gasteiger partial charge in [0.25, 0.3) is 0 Å². The molecular formula is C15H30N6O4. The number of aromatic nitrogens is 3. The van der Waals surface area contributed by atoms with Crippen molar-refractivity contribution in [2.75, 3.05) is 62.7 Å². The lowest BCUT2D eigenvalue weighted by molar-refractivity contribution is 0.101. The average Bonchev–Trinajstić information content (AvgIpc) is 2.62. The van der Waals surface area contributed by atoms with E-state index < -0.39 is 6.23 Å². The van der Waals surface area contributed by atoms with Crippen molar-refractivity contribution in [3.05, 3.63) is 0 Å². The third-order valence-corrected chi connectivity index (χ3v) is 3.49. The average molecular weight is 358 g/mol. The number of anilines is 3. The van der Waals surface area contributed by atoms with Gasteiger partial charge < -0.3 is 29.5 Å². The molecule has 0 aromatic carbocycles. The molecule has 1 unspecified atom stereocenters. The highest BCUT2D eigenvalue weighted by Gasteiger charge is 2.19. The normalized spacial score (nSPS) is 12.1. The summed E-state index contributed by atoms with van der Waals surface area (Å²) in [6.07, 6.45) is 1.23. The molecule has 0 saturated carbocycles. The van der Waals surface area contributed by atoms with Crippen molar-refractivity contribution in [2.24, 2.45) is 0 Å². The van der Waals surface area contributed by atoms with E-state index >= 15 is 0 Å². The van der Waals surface area contributed by atoms with Gasteiger partial charge in [0, 0.05) is 27.8 Å². The minimum Gasteiger partial charge on any atom is -0.376 e. The van der Waals surface area contributed by atoms with Crippen LogP contribution in [-0.2, 0) is 9.47 Å². The fourth-order valence-electron chi connectivity index (χ4n) is 1.77. The van der Waals surface area contributed by atoms with E-state index in [1.807, 2.05) is 0 Å². The van der Waals surface area contributed by atoms with Crippen LogP contribution in [0.4, 0.5) is 17.8 Å². The van der Waals surface area contributed by atoms with Crippen molar-refractivity contribution in [1.82, 2.24) is 15.0 Å². The van der Waals surface area contributed by atoms with Crippen LogP contribution in [-0.4, -0.2) is 79.4 Å². The van der Waals surface area contributed by atoms with Crippen LogP contribution in [0.25, 0.3) is 0 Å². The Bertz CT molecular complexity index is 505. The molecular weight excluding hydrogens is 328 g/mol. The fourth-order valence-corrected chi connectivity index (χ4v) is 1.77. The van der Waals surface area contributed by atoms with Gasteiger partial charge in [-0.15, -0.1) is 0 Å². The maximum Gasteiger partial charge on any atom is 0.235 e. The number of nitrogens with zero attached hydrogens (tertiary/aromatic N) is 6. The smallest absolute Gasteiger partial charge is 0.235 e. The van der Waals surface area contributed by atoms with Gasteiger partial charge in [-0.05, 0) is 13.3 Å². The summed E-state index contributed by atoms with van der Waals surface area (Å²) >= 11 is 0. The van der Waals surface area contributed by atoms with E-state index in [9.17, 15) is 10.2 Å². The van der Waals surface area contributed by atoms with Gasteiger partial charge in [0.2, 0.25) is 17.8 Å². The van der Waals surface area contributed by atoms with Crippen LogP contribution in [0.2, 0.25) is 0 Å². The van der Waals surface area contributed by atoms with Crippen molar-refractivity contribution >= 4 is 17.8 Å². The lowest BCUT2D eigenvalue weighted by Crippen LogP contribution is -2.34. The van der Waals surface area contributed by atoms with Crippen molar-refractivity contribution in [3.8, 4) is 0 Å². The molecule has 1 rings (SSSR count). The minimum absolute atomic E-state index is 0.232. The third-order valence-electron chi connectivity index (χ3n) is 3.49. The maximum absolute atomic E-state index is 9.79. The van der Waals surface area contributed by atoms with Crippen molar-refractivity contribution in [3.63, 3.8) is 0 Å². The summed E-state index contributed by atoms with van der Waals surface area (Å²) in [5.41, 5.74) is 0. The monoisotopic (exact) mass is 358 g/mol. The molecule has 0 aliphatic rings. The second kappa shape index (κ2) is 11.0. The fraction of sp³-hybridized carbons (Fsp3) is 0.800. The molecule has 0 radical (unpaired) electrons. The van der Waals surface area contributed by atoms with Gasteiger partial charge in [-0.1, -0.05) is 13.3 Å². The van der Waals surface area contributed by atoms with Crippen LogP contribution in [0, 0.1) is 0 Å². The number of aliphatic hydroxyl groups is 2. The van der Waals surface area contributed by atoms with Gasteiger partial charge in [0.1, 0.15) is 26.4 Å².